The monoisotopic (exact) mass is 848 g/mol. The molecule has 0 amide bonds. The van der Waals surface area contributed by atoms with Gasteiger partial charge in [-0.05, 0) is 90.1 Å². The van der Waals surface area contributed by atoms with E-state index < -0.39 is 0 Å². The molecule has 0 N–H and O–H groups in total. The average Bonchev–Trinajstić information content (AvgIpc) is 3.83. The maximum atomic E-state index is 13.2. The Kier molecular flexibility index (Phi) is 29.8. The van der Waals surface area contributed by atoms with Gasteiger partial charge in [0.05, 0.1) is 25.7 Å². The molecule has 11 heteroatoms. The number of esters is 5. The minimum Gasteiger partial charge on any atom is -0.466 e. The topological polar surface area (TPSA) is 135 Å². The van der Waals surface area contributed by atoms with E-state index in [0.29, 0.717) is 38.5 Å². The van der Waals surface area contributed by atoms with Gasteiger partial charge in [-0.3, -0.25) is 24.0 Å². The smallest absolute Gasteiger partial charge is 0.310 e. The van der Waals surface area contributed by atoms with E-state index in [1.807, 2.05) is 7.05 Å². The predicted molar refractivity (Wildman–Crippen MR) is 236 cm³/mol. The van der Waals surface area contributed by atoms with Gasteiger partial charge in [-0.15, -0.1) is 0 Å². The van der Waals surface area contributed by atoms with Crippen LogP contribution in [0.3, 0.4) is 0 Å². The van der Waals surface area contributed by atoms with Crippen LogP contribution in [-0.4, -0.2) is 86.9 Å². The summed E-state index contributed by atoms with van der Waals surface area (Å²) in [5.41, 5.74) is 0. The van der Waals surface area contributed by atoms with Crippen molar-refractivity contribution in [3.63, 3.8) is 0 Å². The van der Waals surface area contributed by atoms with E-state index in [4.69, 9.17) is 23.7 Å². The van der Waals surface area contributed by atoms with Crippen LogP contribution in [0.25, 0.3) is 0 Å². The average molecular weight is 848 g/mol. The molecule has 0 aromatic rings. The molecular weight excluding hydrogens is 763 g/mol. The highest BCUT2D eigenvalue weighted by molar-refractivity contribution is 5.73. The van der Waals surface area contributed by atoms with Crippen LogP contribution in [0.15, 0.2) is 12.2 Å². The number of carbonyl (C=O) groups excluding carboxylic acids is 5. The van der Waals surface area contributed by atoms with Crippen LogP contribution in [0.1, 0.15) is 195 Å². The molecule has 346 valence electrons. The number of likely N-dealkylation sites (tertiary alicyclic amines) is 1. The van der Waals surface area contributed by atoms with E-state index in [9.17, 15) is 24.0 Å². The van der Waals surface area contributed by atoms with Crippen molar-refractivity contribution in [1.29, 1.82) is 0 Å². The highest BCUT2D eigenvalue weighted by atomic mass is 16.6. The molecule has 0 aromatic heterocycles. The largest absolute Gasteiger partial charge is 0.466 e. The maximum Gasteiger partial charge on any atom is 0.310 e. The molecule has 1 aliphatic carbocycles. The zero-order valence-corrected chi connectivity index (χ0v) is 38.6. The fourth-order valence-corrected chi connectivity index (χ4v) is 8.41. The molecule has 2 rings (SSSR count). The lowest BCUT2D eigenvalue weighted by atomic mass is 9.88. The fourth-order valence-electron chi connectivity index (χ4n) is 8.41. The van der Waals surface area contributed by atoms with Crippen molar-refractivity contribution in [3.05, 3.63) is 12.2 Å². The Balaban J connectivity index is 1.88. The third kappa shape index (κ3) is 24.5. The number of unbranched alkanes of at least 4 members (excludes halogenated alkanes) is 10. The van der Waals surface area contributed by atoms with E-state index in [1.54, 1.807) is 0 Å². The summed E-state index contributed by atoms with van der Waals surface area (Å²) in [5, 5.41) is 0. The lowest BCUT2D eigenvalue weighted by Gasteiger charge is -2.25. The summed E-state index contributed by atoms with van der Waals surface area (Å²) in [6.07, 6.45) is 24.7. The second-order valence-corrected chi connectivity index (χ2v) is 17.6. The maximum absolute atomic E-state index is 13.2. The van der Waals surface area contributed by atoms with E-state index in [-0.39, 0.29) is 98.4 Å². The SMILES string of the molecule is CC/C=C\CC1C(CC(=O)OCCC(CCCCCCCC)OC(=O)CCCCC(COC(=O)CCCCC)COC(=O)CCCCC)CCC1OC(=O)C1CCN(C)C1. The first-order valence-electron chi connectivity index (χ1n) is 24.3. The van der Waals surface area contributed by atoms with Crippen molar-refractivity contribution >= 4 is 29.8 Å². The highest BCUT2D eigenvalue weighted by Crippen LogP contribution is 2.40. The van der Waals surface area contributed by atoms with E-state index >= 15 is 0 Å². The predicted octanol–water partition coefficient (Wildman–Crippen LogP) is 10.6. The number of rotatable bonds is 35. The molecule has 0 spiro atoms. The molecule has 1 aliphatic heterocycles. The van der Waals surface area contributed by atoms with Crippen molar-refractivity contribution in [2.45, 2.75) is 207 Å². The lowest BCUT2D eigenvalue weighted by molar-refractivity contribution is -0.156. The Morgan fingerprint density at radius 2 is 1.23 bits per heavy atom. The van der Waals surface area contributed by atoms with Gasteiger partial charge in [0.25, 0.3) is 0 Å². The zero-order valence-electron chi connectivity index (χ0n) is 38.6. The molecule has 11 nitrogen and oxygen atoms in total. The van der Waals surface area contributed by atoms with E-state index in [2.05, 4.69) is 44.7 Å². The lowest BCUT2D eigenvalue weighted by Crippen LogP contribution is -2.30. The quantitative estimate of drug-likeness (QED) is 0.0261. The van der Waals surface area contributed by atoms with Crippen molar-refractivity contribution in [1.82, 2.24) is 4.90 Å². The van der Waals surface area contributed by atoms with Crippen LogP contribution < -0.4 is 0 Å². The molecule has 2 aliphatic rings. The first-order valence-corrected chi connectivity index (χ1v) is 24.3. The molecule has 1 saturated heterocycles. The molecule has 1 heterocycles. The van der Waals surface area contributed by atoms with Gasteiger partial charge in [-0.2, -0.15) is 0 Å². The Hall–Kier alpha value is -2.95. The highest BCUT2D eigenvalue weighted by Gasteiger charge is 2.40. The van der Waals surface area contributed by atoms with Gasteiger partial charge in [0.15, 0.2) is 0 Å². The fraction of sp³-hybridized carbons (Fsp3) is 0.857. The second kappa shape index (κ2) is 33.6. The van der Waals surface area contributed by atoms with Crippen molar-refractivity contribution < 1.29 is 47.7 Å². The first-order chi connectivity index (χ1) is 29.1. The summed E-state index contributed by atoms with van der Waals surface area (Å²) >= 11 is 0. The molecule has 0 bridgehead atoms. The van der Waals surface area contributed by atoms with Crippen LogP contribution in [0.2, 0.25) is 0 Å². The number of hydrogen-bond donors (Lipinski definition) is 0. The third-order valence-electron chi connectivity index (χ3n) is 12.2. The van der Waals surface area contributed by atoms with Gasteiger partial charge in [0, 0.05) is 50.5 Å². The van der Waals surface area contributed by atoms with Crippen LogP contribution in [0.4, 0.5) is 0 Å². The summed E-state index contributed by atoms with van der Waals surface area (Å²) < 4.78 is 29.0. The van der Waals surface area contributed by atoms with Crippen LogP contribution in [-0.2, 0) is 47.7 Å². The first kappa shape index (κ1) is 53.2. The molecule has 60 heavy (non-hydrogen) atoms. The Bertz CT molecular complexity index is 1200. The van der Waals surface area contributed by atoms with Crippen molar-refractivity contribution in [2.75, 3.05) is 40.0 Å². The van der Waals surface area contributed by atoms with Crippen LogP contribution in [0, 0.1) is 23.7 Å². The third-order valence-corrected chi connectivity index (χ3v) is 12.2. The molecule has 1 saturated carbocycles. The summed E-state index contributed by atoms with van der Waals surface area (Å²) in [6, 6.07) is 0. The van der Waals surface area contributed by atoms with Gasteiger partial charge in [-0.1, -0.05) is 104 Å². The summed E-state index contributed by atoms with van der Waals surface area (Å²) in [4.78, 5) is 66.1. The van der Waals surface area contributed by atoms with Crippen LogP contribution >= 0.6 is 0 Å². The minimum atomic E-state index is -0.333. The van der Waals surface area contributed by atoms with Gasteiger partial charge >= 0.3 is 29.8 Å². The zero-order chi connectivity index (χ0) is 43.8. The van der Waals surface area contributed by atoms with Gasteiger partial charge in [0.1, 0.15) is 12.2 Å². The molecule has 5 atom stereocenters. The normalized spacial score (nSPS) is 19.8. The number of carbonyl (C=O) groups is 5. The molecular formula is C49H85NO10. The van der Waals surface area contributed by atoms with E-state index in [1.165, 1.54) is 19.3 Å². The summed E-state index contributed by atoms with van der Waals surface area (Å²) in [7, 11) is 2.03. The second-order valence-electron chi connectivity index (χ2n) is 17.6. The Labute approximate surface area is 364 Å². The number of hydrogen-bond acceptors (Lipinski definition) is 11. The minimum absolute atomic E-state index is 0.0788. The van der Waals surface area contributed by atoms with E-state index in [0.717, 1.165) is 109 Å². The standard InChI is InChI=1S/C49H85NO10/c1-6-10-14-15-16-20-24-42(59-47(53)28-22-21-23-39(37-57-45(51)26-18-12-8-3)38-58-46(52)27-19-13-9-4)32-34-56-48(54)35-40-29-30-44(43(40)25-17-11-7-2)60-49(55)41-31-33-50(5)36-41/h11,17,39-44H,6-10,12-16,18-38H2,1-5H3/b17-11-. The molecule has 0 radical (unpaired) electrons. The number of ether oxygens (including phenoxy) is 5. The van der Waals surface area contributed by atoms with Crippen LogP contribution in [0.5, 0.6) is 0 Å². The molecule has 0 aromatic carbocycles. The molecule has 5 unspecified atom stereocenters. The van der Waals surface area contributed by atoms with Gasteiger partial charge in [0.2, 0.25) is 0 Å². The number of allylic oxidation sites excluding steroid dienone is 2. The Morgan fingerprint density at radius 3 is 1.87 bits per heavy atom. The van der Waals surface area contributed by atoms with Gasteiger partial charge < -0.3 is 28.6 Å². The van der Waals surface area contributed by atoms with Crippen molar-refractivity contribution in [3.8, 4) is 0 Å². The number of nitrogens with zero attached hydrogens (tertiary/aromatic N) is 1. The summed E-state index contributed by atoms with van der Waals surface area (Å²) in [6.45, 7) is 10.7. The Morgan fingerprint density at radius 1 is 0.633 bits per heavy atom. The van der Waals surface area contributed by atoms with Crippen molar-refractivity contribution in [2.24, 2.45) is 23.7 Å². The summed E-state index contributed by atoms with van der Waals surface area (Å²) in [5.74, 6) is -1.14. The molecule has 2 fully saturated rings. The van der Waals surface area contributed by atoms with Gasteiger partial charge in [-0.25, -0.2) is 0 Å².